The van der Waals surface area contributed by atoms with Gasteiger partial charge in [0.15, 0.2) is 0 Å². The quantitative estimate of drug-likeness (QED) is 0.727. The smallest absolute Gasteiger partial charge is 0.206 e. The van der Waals surface area contributed by atoms with Gasteiger partial charge < -0.3 is 14.6 Å². The number of H-pyrrole nitrogens is 1. The van der Waals surface area contributed by atoms with Crippen LogP contribution in [0.5, 0.6) is 0 Å². The molecule has 2 aromatic heterocycles. The monoisotopic (exact) mass is 284 g/mol. The van der Waals surface area contributed by atoms with Crippen molar-refractivity contribution in [2.75, 3.05) is 18.0 Å². The predicted octanol–water partition coefficient (Wildman–Crippen LogP) is 0.789. The fraction of sp³-hybridized carbons (Fsp3) is 0.357. The van der Waals surface area contributed by atoms with Gasteiger partial charge in [-0.25, -0.2) is 4.98 Å². The number of aryl methyl sites for hydroxylation is 1. The topological polar surface area (TPSA) is 82.9 Å². The maximum absolute atomic E-state index is 10.7. The summed E-state index contributed by atoms with van der Waals surface area (Å²) < 4.78 is 2.06. The summed E-state index contributed by atoms with van der Waals surface area (Å²) in [5, 5.41) is 21.1. The van der Waals surface area contributed by atoms with Crippen LogP contribution in [-0.2, 0) is 12.6 Å². The van der Waals surface area contributed by atoms with Crippen LogP contribution in [0.4, 0.5) is 5.95 Å². The van der Waals surface area contributed by atoms with Crippen molar-refractivity contribution in [1.29, 1.82) is 0 Å². The SMILES string of the molecule is Cn1c(N2CCC(O)(c3cn[nH]n3)C2)nc2ccccc21. The molecule has 7 heteroatoms. The minimum atomic E-state index is -0.967. The Labute approximate surface area is 121 Å². The number of β-amino-alcohol motifs (C(OH)–C–C–N with tert-alkyl or cyclic N) is 1. The molecule has 0 spiro atoms. The summed E-state index contributed by atoms with van der Waals surface area (Å²) in [4.78, 5) is 6.77. The van der Waals surface area contributed by atoms with Gasteiger partial charge in [-0.15, -0.1) is 0 Å². The molecule has 0 amide bonds. The van der Waals surface area contributed by atoms with Gasteiger partial charge in [-0.2, -0.15) is 15.4 Å². The lowest BCUT2D eigenvalue weighted by Crippen LogP contribution is -2.32. The number of aromatic nitrogens is 5. The van der Waals surface area contributed by atoms with E-state index in [1.165, 1.54) is 0 Å². The molecule has 0 radical (unpaired) electrons. The number of aliphatic hydroxyl groups is 1. The van der Waals surface area contributed by atoms with Gasteiger partial charge in [0, 0.05) is 20.0 Å². The first kappa shape index (κ1) is 12.3. The maximum Gasteiger partial charge on any atom is 0.206 e. The largest absolute Gasteiger partial charge is 0.381 e. The minimum absolute atomic E-state index is 0.469. The predicted molar refractivity (Wildman–Crippen MR) is 77.8 cm³/mol. The van der Waals surface area contributed by atoms with Crippen molar-refractivity contribution in [2.45, 2.75) is 12.0 Å². The van der Waals surface area contributed by atoms with Crippen LogP contribution >= 0.6 is 0 Å². The summed E-state index contributed by atoms with van der Waals surface area (Å²) in [7, 11) is 2.00. The third kappa shape index (κ3) is 1.81. The molecule has 1 aliphatic heterocycles. The molecule has 1 fully saturated rings. The Morgan fingerprint density at radius 1 is 1.33 bits per heavy atom. The summed E-state index contributed by atoms with van der Waals surface area (Å²) in [5.74, 6) is 0.871. The van der Waals surface area contributed by atoms with Gasteiger partial charge in [0.25, 0.3) is 0 Å². The highest BCUT2D eigenvalue weighted by Gasteiger charge is 2.41. The van der Waals surface area contributed by atoms with Gasteiger partial charge in [-0.3, -0.25) is 0 Å². The summed E-state index contributed by atoms with van der Waals surface area (Å²) >= 11 is 0. The highest BCUT2D eigenvalue weighted by Crippen LogP contribution is 2.33. The minimum Gasteiger partial charge on any atom is -0.381 e. The Morgan fingerprint density at radius 3 is 2.95 bits per heavy atom. The van der Waals surface area contributed by atoms with Crippen molar-refractivity contribution >= 4 is 17.0 Å². The van der Waals surface area contributed by atoms with Crippen LogP contribution in [0.15, 0.2) is 30.5 Å². The van der Waals surface area contributed by atoms with E-state index in [9.17, 15) is 5.11 Å². The van der Waals surface area contributed by atoms with Crippen molar-refractivity contribution in [3.63, 3.8) is 0 Å². The summed E-state index contributed by atoms with van der Waals surface area (Å²) in [6.07, 6.45) is 2.20. The highest BCUT2D eigenvalue weighted by molar-refractivity contribution is 5.78. The second kappa shape index (κ2) is 4.29. The standard InChI is InChI=1S/C14H16N6O/c1-19-11-5-3-2-4-10(11)16-13(19)20-7-6-14(21,9-20)12-8-15-18-17-12/h2-5,8,21H,6-7,9H2,1H3,(H,15,17,18). The van der Waals surface area contributed by atoms with Crippen molar-refractivity contribution in [1.82, 2.24) is 25.0 Å². The number of fused-ring (bicyclic) bond motifs is 1. The third-order valence-corrected chi connectivity index (χ3v) is 4.19. The molecule has 7 nitrogen and oxygen atoms in total. The van der Waals surface area contributed by atoms with E-state index >= 15 is 0 Å². The first-order valence-corrected chi connectivity index (χ1v) is 6.92. The van der Waals surface area contributed by atoms with E-state index in [0.29, 0.717) is 18.7 Å². The molecule has 1 aliphatic rings. The Hall–Kier alpha value is -2.41. The first-order valence-electron chi connectivity index (χ1n) is 6.92. The van der Waals surface area contributed by atoms with Crippen molar-refractivity contribution in [3.05, 3.63) is 36.2 Å². The molecule has 0 aliphatic carbocycles. The zero-order valence-corrected chi connectivity index (χ0v) is 11.7. The zero-order chi connectivity index (χ0) is 14.4. The number of imidazole rings is 1. The Bertz CT molecular complexity index is 780. The van der Waals surface area contributed by atoms with E-state index in [0.717, 1.165) is 23.5 Å². The van der Waals surface area contributed by atoms with E-state index in [2.05, 4.69) is 29.9 Å². The lowest BCUT2D eigenvalue weighted by Gasteiger charge is -2.21. The van der Waals surface area contributed by atoms with Crippen LogP contribution in [0.25, 0.3) is 11.0 Å². The van der Waals surface area contributed by atoms with Gasteiger partial charge in [0.05, 0.1) is 23.8 Å². The fourth-order valence-electron chi connectivity index (χ4n) is 3.02. The number of nitrogens with one attached hydrogen (secondary N) is 1. The third-order valence-electron chi connectivity index (χ3n) is 4.19. The number of nitrogens with zero attached hydrogens (tertiary/aromatic N) is 5. The maximum atomic E-state index is 10.7. The normalized spacial score (nSPS) is 22.3. The molecular weight excluding hydrogens is 268 g/mol. The number of para-hydroxylation sites is 2. The van der Waals surface area contributed by atoms with Crippen LogP contribution < -0.4 is 4.90 Å². The van der Waals surface area contributed by atoms with Crippen LogP contribution in [0, 0.1) is 0 Å². The van der Waals surface area contributed by atoms with Crippen LogP contribution in [-0.4, -0.2) is 43.2 Å². The Balaban J connectivity index is 1.70. The molecule has 3 aromatic rings. The van der Waals surface area contributed by atoms with Gasteiger partial charge in [-0.1, -0.05) is 12.1 Å². The second-order valence-corrected chi connectivity index (χ2v) is 5.52. The van der Waals surface area contributed by atoms with E-state index in [1.54, 1.807) is 6.20 Å². The molecule has 4 rings (SSSR count). The molecule has 1 atom stereocenters. The molecule has 3 heterocycles. The molecule has 108 valence electrons. The van der Waals surface area contributed by atoms with Gasteiger partial charge >= 0.3 is 0 Å². The van der Waals surface area contributed by atoms with Crippen LogP contribution in [0.3, 0.4) is 0 Å². The molecule has 2 N–H and O–H groups in total. The molecule has 1 unspecified atom stereocenters. The van der Waals surface area contributed by atoms with Gasteiger partial charge in [0.2, 0.25) is 5.95 Å². The van der Waals surface area contributed by atoms with E-state index in [-0.39, 0.29) is 0 Å². The molecular formula is C14H16N6O. The summed E-state index contributed by atoms with van der Waals surface area (Å²) in [6, 6.07) is 8.03. The molecule has 0 bridgehead atoms. The second-order valence-electron chi connectivity index (χ2n) is 5.52. The number of hydrogen-bond acceptors (Lipinski definition) is 5. The van der Waals surface area contributed by atoms with E-state index in [1.807, 2.05) is 31.3 Å². The zero-order valence-electron chi connectivity index (χ0n) is 11.7. The first-order chi connectivity index (χ1) is 10.2. The van der Waals surface area contributed by atoms with Gasteiger partial charge in [-0.05, 0) is 12.1 Å². The Kier molecular flexibility index (Phi) is 2.52. The van der Waals surface area contributed by atoms with Crippen LogP contribution in [0.2, 0.25) is 0 Å². The molecule has 1 saturated heterocycles. The average molecular weight is 284 g/mol. The molecule has 21 heavy (non-hydrogen) atoms. The summed E-state index contributed by atoms with van der Waals surface area (Å²) in [6.45, 7) is 1.21. The molecule has 0 saturated carbocycles. The number of rotatable bonds is 2. The van der Waals surface area contributed by atoms with Crippen molar-refractivity contribution in [3.8, 4) is 0 Å². The fourth-order valence-corrected chi connectivity index (χ4v) is 3.02. The lowest BCUT2D eigenvalue weighted by molar-refractivity contribution is 0.0558. The lowest BCUT2D eigenvalue weighted by atomic mass is 10.0. The summed E-state index contributed by atoms with van der Waals surface area (Å²) in [5.41, 5.74) is 1.67. The highest BCUT2D eigenvalue weighted by atomic mass is 16.3. The Morgan fingerprint density at radius 2 is 2.19 bits per heavy atom. The van der Waals surface area contributed by atoms with Gasteiger partial charge in [0.1, 0.15) is 11.3 Å². The molecule has 1 aromatic carbocycles. The van der Waals surface area contributed by atoms with E-state index in [4.69, 9.17) is 0 Å². The van der Waals surface area contributed by atoms with E-state index < -0.39 is 5.60 Å². The number of benzene rings is 1. The van der Waals surface area contributed by atoms with Crippen molar-refractivity contribution < 1.29 is 5.11 Å². The van der Waals surface area contributed by atoms with Crippen LogP contribution in [0.1, 0.15) is 12.1 Å². The average Bonchev–Trinajstić information content (AvgIpc) is 3.19. The number of aromatic amines is 1. The number of hydrogen-bond donors (Lipinski definition) is 2. The number of anilines is 1. The van der Waals surface area contributed by atoms with Crippen molar-refractivity contribution in [2.24, 2.45) is 7.05 Å².